The number of nitrogens with one attached hydrogen (secondary N) is 1. The molecule has 0 saturated carbocycles. The van der Waals surface area contributed by atoms with Gasteiger partial charge in [-0.05, 0) is 36.6 Å². The highest BCUT2D eigenvalue weighted by Gasteiger charge is 2.10. The smallest absolute Gasteiger partial charge is 0.230 e. The van der Waals surface area contributed by atoms with Crippen LogP contribution in [-0.4, -0.2) is 37.0 Å². The average molecular weight is 413 g/mol. The van der Waals surface area contributed by atoms with E-state index in [0.717, 1.165) is 29.8 Å². The summed E-state index contributed by atoms with van der Waals surface area (Å²) in [6.07, 6.45) is 3.99. The molecule has 0 bridgehead atoms. The minimum absolute atomic E-state index is 0.0443. The molecule has 0 atom stereocenters. The van der Waals surface area contributed by atoms with Crippen LogP contribution in [0.25, 0.3) is 10.9 Å². The number of rotatable bonds is 10. The summed E-state index contributed by atoms with van der Waals surface area (Å²) in [5.41, 5.74) is 2.32. The largest absolute Gasteiger partial charge is 0.493 e. The van der Waals surface area contributed by atoms with Crippen LogP contribution in [0.5, 0.6) is 11.5 Å². The molecule has 6 heteroatoms. The number of nitrogens with zero attached hydrogens (tertiary/aromatic N) is 1. The van der Waals surface area contributed by atoms with Crippen molar-refractivity contribution in [2.24, 2.45) is 0 Å². The average Bonchev–Trinajstić information content (AvgIpc) is 3.10. The number of amides is 1. The van der Waals surface area contributed by atoms with Gasteiger partial charge in [-0.2, -0.15) is 0 Å². The second kappa shape index (κ2) is 10.3. The topological polar surface area (TPSA) is 52.5 Å². The summed E-state index contributed by atoms with van der Waals surface area (Å²) in [4.78, 5) is 13.5. The summed E-state index contributed by atoms with van der Waals surface area (Å²) in [6, 6.07) is 14.2. The number of benzene rings is 2. The van der Waals surface area contributed by atoms with Crippen molar-refractivity contribution in [1.82, 2.24) is 9.88 Å². The monoisotopic (exact) mass is 412 g/mol. The second-order valence-corrected chi connectivity index (χ2v) is 7.80. The zero-order valence-corrected chi connectivity index (χ0v) is 18.1. The van der Waals surface area contributed by atoms with Crippen molar-refractivity contribution in [2.45, 2.75) is 31.2 Å². The van der Waals surface area contributed by atoms with Crippen molar-refractivity contribution in [3.63, 3.8) is 0 Å². The SMILES string of the molecule is CCCn1cc(SCC(=O)NCCc2ccc(OC)c(OC)c2)c2ccccc21. The normalized spacial score (nSPS) is 10.9. The van der Waals surface area contributed by atoms with Gasteiger partial charge in [0.2, 0.25) is 5.91 Å². The number of hydrogen-bond donors (Lipinski definition) is 1. The Kier molecular flexibility index (Phi) is 7.47. The lowest BCUT2D eigenvalue weighted by atomic mass is 10.1. The molecule has 1 aromatic heterocycles. The van der Waals surface area contributed by atoms with Crippen LogP contribution in [0.1, 0.15) is 18.9 Å². The molecule has 1 N–H and O–H groups in total. The van der Waals surface area contributed by atoms with Crippen LogP contribution in [0.4, 0.5) is 0 Å². The van der Waals surface area contributed by atoms with Gasteiger partial charge in [0.05, 0.1) is 20.0 Å². The summed E-state index contributed by atoms with van der Waals surface area (Å²) in [5.74, 6) is 1.86. The molecule has 0 saturated heterocycles. The lowest BCUT2D eigenvalue weighted by molar-refractivity contribution is -0.118. The zero-order valence-electron chi connectivity index (χ0n) is 17.2. The highest BCUT2D eigenvalue weighted by Crippen LogP contribution is 2.30. The van der Waals surface area contributed by atoms with E-state index in [1.54, 1.807) is 26.0 Å². The van der Waals surface area contributed by atoms with Crippen molar-refractivity contribution < 1.29 is 14.3 Å². The van der Waals surface area contributed by atoms with Crippen molar-refractivity contribution >= 4 is 28.6 Å². The number of ether oxygens (including phenoxy) is 2. The van der Waals surface area contributed by atoms with Gasteiger partial charge in [0.15, 0.2) is 11.5 Å². The van der Waals surface area contributed by atoms with Crippen LogP contribution >= 0.6 is 11.8 Å². The molecule has 0 spiro atoms. The molecule has 1 amide bonds. The first-order chi connectivity index (χ1) is 14.2. The zero-order chi connectivity index (χ0) is 20.6. The maximum Gasteiger partial charge on any atom is 0.230 e. The quantitative estimate of drug-likeness (QED) is 0.498. The number of methoxy groups -OCH3 is 2. The molecule has 29 heavy (non-hydrogen) atoms. The second-order valence-electron chi connectivity index (χ2n) is 6.78. The fourth-order valence-electron chi connectivity index (χ4n) is 3.33. The Bertz CT molecular complexity index is 968. The van der Waals surface area contributed by atoms with Gasteiger partial charge in [0.25, 0.3) is 0 Å². The number of hydrogen-bond acceptors (Lipinski definition) is 4. The van der Waals surface area contributed by atoms with Gasteiger partial charge in [-0.3, -0.25) is 4.79 Å². The third-order valence-corrected chi connectivity index (χ3v) is 5.80. The molecule has 5 nitrogen and oxygen atoms in total. The standard InChI is InChI=1S/C23H28N2O3S/c1-4-13-25-15-22(18-7-5-6-8-19(18)25)29-16-23(26)24-12-11-17-9-10-20(27-2)21(14-17)28-3/h5-10,14-15H,4,11-13,16H2,1-3H3,(H,24,26). The van der Waals surface area contributed by atoms with E-state index in [4.69, 9.17) is 9.47 Å². The highest BCUT2D eigenvalue weighted by molar-refractivity contribution is 8.00. The predicted molar refractivity (Wildman–Crippen MR) is 119 cm³/mol. The first-order valence-corrected chi connectivity index (χ1v) is 10.8. The van der Waals surface area contributed by atoms with Gasteiger partial charge in [0.1, 0.15) is 0 Å². The number of aromatic nitrogens is 1. The molecule has 0 aliphatic rings. The van der Waals surface area contributed by atoms with Gasteiger partial charge in [-0.15, -0.1) is 11.8 Å². The van der Waals surface area contributed by atoms with Crippen LogP contribution in [0.15, 0.2) is 53.6 Å². The van der Waals surface area contributed by atoms with E-state index in [1.165, 1.54) is 10.9 Å². The third-order valence-electron chi connectivity index (χ3n) is 4.76. The molecule has 0 radical (unpaired) electrons. The van der Waals surface area contributed by atoms with Crippen LogP contribution in [-0.2, 0) is 17.8 Å². The summed E-state index contributed by atoms with van der Waals surface area (Å²) in [5, 5.41) is 4.22. The number of aryl methyl sites for hydroxylation is 1. The molecule has 0 aliphatic heterocycles. The van der Waals surface area contributed by atoms with Crippen LogP contribution in [0.2, 0.25) is 0 Å². The summed E-state index contributed by atoms with van der Waals surface area (Å²) >= 11 is 1.59. The fourth-order valence-corrected chi connectivity index (χ4v) is 4.25. The van der Waals surface area contributed by atoms with E-state index >= 15 is 0 Å². The van der Waals surface area contributed by atoms with Crippen LogP contribution in [0.3, 0.4) is 0 Å². The number of thioether (sulfide) groups is 1. The Morgan fingerprint density at radius 3 is 2.66 bits per heavy atom. The van der Waals surface area contributed by atoms with Gasteiger partial charge < -0.3 is 19.4 Å². The molecule has 0 unspecified atom stereocenters. The van der Waals surface area contributed by atoms with Crippen LogP contribution in [0, 0.1) is 0 Å². The van der Waals surface area contributed by atoms with Crippen molar-refractivity contribution in [3.05, 3.63) is 54.2 Å². The van der Waals surface area contributed by atoms with E-state index in [-0.39, 0.29) is 5.91 Å². The first-order valence-electron chi connectivity index (χ1n) is 9.84. The van der Waals surface area contributed by atoms with E-state index in [1.807, 2.05) is 24.3 Å². The Balaban J connectivity index is 1.52. The number of carbonyl (C=O) groups is 1. The number of fused-ring (bicyclic) bond motifs is 1. The van der Waals surface area contributed by atoms with Gasteiger partial charge in [0, 0.05) is 35.1 Å². The fraction of sp³-hybridized carbons (Fsp3) is 0.348. The summed E-state index contributed by atoms with van der Waals surface area (Å²) in [6.45, 7) is 3.75. The third kappa shape index (κ3) is 5.26. The molecule has 154 valence electrons. The predicted octanol–water partition coefficient (Wildman–Crippen LogP) is 4.52. The molecule has 0 aliphatic carbocycles. The van der Waals surface area contributed by atoms with E-state index < -0.39 is 0 Å². The molecule has 1 heterocycles. The minimum atomic E-state index is 0.0443. The molecule has 3 aromatic rings. The van der Waals surface area contributed by atoms with Gasteiger partial charge in [-0.25, -0.2) is 0 Å². The molecular weight excluding hydrogens is 384 g/mol. The van der Waals surface area contributed by atoms with Gasteiger partial charge in [-0.1, -0.05) is 31.2 Å². The Hall–Kier alpha value is -2.60. The molecular formula is C23H28N2O3S. The van der Waals surface area contributed by atoms with Crippen molar-refractivity contribution in [2.75, 3.05) is 26.5 Å². The van der Waals surface area contributed by atoms with E-state index in [2.05, 4.69) is 41.2 Å². The molecule has 2 aromatic carbocycles. The molecule has 0 fully saturated rings. The number of para-hydroxylation sites is 1. The summed E-state index contributed by atoms with van der Waals surface area (Å²) < 4.78 is 12.9. The van der Waals surface area contributed by atoms with Crippen molar-refractivity contribution in [1.29, 1.82) is 0 Å². The lowest BCUT2D eigenvalue weighted by Gasteiger charge is -2.10. The van der Waals surface area contributed by atoms with E-state index in [9.17, 15) is 4.79 Å². The number of carbonyl (C=O) groups excluding carboxylic acids is 1. The van der Waals surface area contributed by atoms with Crippen molar-refractivity contribution in [3.8, 4) is 11.5 Å². The maximum absolute atomic E-state index is 12.3. The molecule has 3 rings (SSSR count). The minimum Gasteiger partial charge on any atom is -0.493 e. The Morgan fingerprint density at radius 2 is 1.90 bits per heavy atom. The van der Waals surface area contributed by atoms with E-state index in [0.29, 0.717) is 23.8 Å². The Labute approximate surface area is 176 Å². The Morgan fingerprint density at radius 1 is 1.10 bits per heavy atom. The first kappa shape index (κ1) is 21.1. The lowest BCUT2D eigenvalue weighted by Crippen LogP contribution is -2.27. The van der Waals surface area contributed by atoms with Gasteiger partial charge >= 0.3 is 0 Å². The highest BCUT2D eigenvalue weighted by atomic mass is 32.2. The van der Waals surface area contributed by atoms with Crippen LogP contribution < -0.4 is 14.8 Å². The maximum atomic E-state index is 12.3. The summed E-state index contributed by atoms with van der Waals surface area (Å²) in [7, 11) is 3.24.